The number of aromatic nitrogens is 1. The van der Waals surface area contributed by atoms with Gasteiger partial charge in [0.1, 0.15) is 0 Å². The first-order chi connectivity index (χ1) is 28.7. The molecular formula is C61H73N. The van der Waals surface area contributed by atoms with Crippen LogP contribution in [0.4, 0.5) is 0 Å². The molecule has 0 aliphatic heterocycles. The van der Waals surface area contributed by atoms with Crippen LogP contribution in [0.15, 0.2) is 115 Å². The minimum Gasteiger partial charge on any atom is -0.309 e. The molecule has 0 fully saturated rings. The number of rotatable bonds is 3. The third-order valence-electron chi connectivity index (χ3n) is 18.0. The molecule has 2 aliphatic rings. The second kappa shape index (κ2) is 14.1. The van der Waals surface area contributed by atoms with Crippen molar-refractivity contribution in [3.05, 3.63) is 160 Å². The molecule has 2 aliphatic carbocycles. The fourth-order valence-electron chi connectivity index (χ4n) is 11.4. The largest absolute Gasteiger partial charge is 0.309 e. The van der Waals surface area contributed by atoms with E-state index in [1.165, 1.54) is 94.3 Å². The SMILES string of the molecule is Cc1ccc(-c2cc3c4cc5c(cc4n(-c4ccccc4)c3cc2C(C)(C)C)C(C)(C)C(C)(C)C5(C)C)cc1-c1cc2c(cc1C)C(C)(C)C(C)(C)C2(C)C.Cc1ccccc1. The van der Waals surface area contributed by atoms with Crippen LogP contribution in [0, 0.1) is 31.6 Å². The van der Waals surface area contributed by atoms with Gasteiger partial charge in [0, 0.05) is 16.5 Å². The third kappa shape index (κ3) is 6.14. The van der Waals surface area contributed by atoms with E-state index in [1.54, 1.807) is 0 Å². The molecule has 1 heterocycles. The average Bonchev–Trinajstić information content (AvgIpc) is 3.61. The summed E-state index contributed by atoms with van der Waals surface area (Å²) in [6.07, 6.45) is 0. The van der Waals surface area contributed by atoms with E-state index in [-0.39, 0.29) is 37.9 Å². The molecule has 7 aromatic rings. The molecule has 1 aromatic heterocycles. The summed E-state index contributed by atoms with van der Waals surface area (Å²) in [6.45, 7) is 43.3. The van der Waals surface area contributed by atoms with Crippen LogP contribution in [0.2, 0.25) is 0 Å². The van der Waals surface area contributed by atoms with Crippen molar-refractivity contribution in [2.45, 2.75) is 152 Å². The number of nitrogens with zero attached hydrogens (tertiary/aromatic N) is 1. The summed E-state index contributed by atoms with van der Waals surface area (Å²) < 4.78 is 2.54. The van der Waals surface area contributed by atoms with E-state index in [2.05, 4.69) is 226 Å². The smallest absolute Gasteiger partial charge is 0.0544 e. The topological polar surface area (TPSA) is 4.93 Å². The summed E-state index contributed by atoms with van der Waals surface area (Å²) in [5, 5.41) is 2.67. The van der Waals surface area contributed by atoms with Crippen molar-refractivity contribution in [3.63, 3.8) is 0 Å². The quantitative estimate of drug-likeness (QED) is 0.167. The lowest BCUT2D eigenvalue weighted by molar-refractivity contribution is 0.125. The molecule has 0 radical (unpaired) electrons. The first-order valence-electron chi connectivity index (χ1n) is 23.2. The highest BCUT2D eigenvalue weighted by Gasteiger charge is 2.58. The van der Waals surface area contributed by atoms with E-state index in [0.717, 1.165) is 0 Å². The molecule has 0 atom stereocenters. The van der Waals surface area contributed by atoms with Crippen molar-refractivity contribution >= 4 is 21.8 Å². The summed E-state index contributed by atoms with van der Waals surface area (Å²) in [7, 11) is 0. The molecule has 0 saturated heterocycles. The highest BCUT2D eigenvalue weighted by atomic mass is 15.0. The minimum atomic E-state index is -0.0764. The van der Waals surface area contributed by atoms with Gasteiger partial charge in [0.15, 0.2) is 0 Å². The van der Waals surface area contributed by atoms with E-state index in [9.17, 15) is 0 Å². The number of hydrogen-bond acceptors (Lipinski definition) is 0. The van der Waals surface area contributed by atoms with E-state index in [0.29, 0.717) is 0 Å². The van der Waals surface area contributed by atoms with Gasteiger partial charge in [0.2, 0.25) is 0 Å². The Bertz CT molecular complexity index is 2880. The number of para-hydroxylation sites is 1. The first-order valence-corrected chi connectivity index (χ1v) is 23.2. The van der Waals surface area contributed by atoms with Gasteiger partial charge >= 0.3 is 0 Å². The Morgan fingerprint density at radius 3 is 1.37 bits per heavy atom. The Morgan fingerprint density at radius 2 is 0.855 bits per heavy atom. The summed E-state index contributed by atoms with van der Waals surface area (Å²) in [6, 6.07) is 43.8. The van der Waals surface area contributed by atoms with Crippen LogP contribution in [0.5, 0.6) is 0 Å². The predicted octanol–water partition coefficient (Wildman–Crippen LogP) is 17.2. The maximum absolute atomic E-state index is 2.57. The first kappa shape index (κ1) is 43.8. The second-order valence-electron chi connectivity index (χ2n) is 23.4. The van der Waals surface area contributed by atoms with Crippen LogP contribution >= 0.6 is 0 Å². The summed E-state index contributed by atoms with van der Waals surface area (Å²) >= 11 is 0. The zero-order chi connectivity index (χ0) is 45.3. The summed E-state index contributed by atoms with van der Waals surface area (Å²) in [5.41, 5.74) is 20.8. The maximum Gasteiger partial charge on any atom is 0.0544 e. The molecular weight excluding hydrogens is 747 g/mol. The van der Waals surface area contributed by atoms with Crippen LogP contribution in [0.1, 0.15) is 148 Å². The second-order valence-corrected chi connectivity index (χ2v) is 23.4. The van der Waals surface area contributed by atoms with Crippen molar-refractivity contribution in [2.75, 3.05) is 0 Å². The maximum atomic E-state index is 2.57. The molecule has 322 valence electrons. The van der Waals surface area contributed by atoms with Gasteiger partial charge in [0.25, 0.3) is 0 Å². The molecule has 9 rings (SSSR count). The molecule has 62 heavy (non-hydrogen) atoms. The number of benzene rings is 6. The van der Waals surface area contributed by atoms with Crippen molar-refractivity contribution in [1.82, 2.24) is 4.57 Å². The van der Waals surface area contributed by atoms with Crippen LogP contribution in [-0.2, 0) is 27.1 Å². The van der Waals surface area contributed by atoms with Crippen LogP contribution < -0.4 is 0 Å². The lowest BCUT2D eigenvalue weighted by atomic mass is 9.59. The lowest BCUT2D eigenvalue weighted by Gasteiger charge is -2.44. The highest BCUT2D eigenvalue weighted by Crippen LogP contribution is 2.64. The third-order valence-corrected chi connectivity index (χ3v) is 18.0. The number of hydrogen-bond donors (Lipinski definition) is 0. The molecule has 0 amide bonds. The highest BCUT2D eigenvalue weighted by molar-refractivity contribution is 6.12. The van der Waals surface area contributed by atoms with Crippen LogP contribution in [-0.4, -0.2) is 4.57 Å². The van der Waals surface area contributed by atoms with Crippen molar-refractivity contribution in [1.29, 1.82) is 0 Å². The standard InChI is InChI=1S/C54H65N.C7H8/c1-32-23-24-34(26-36(32)37-28-43-42(25-33(37)2)49(6,7)53(14,15)50(43,8)9)38-27-39-40-29-44-45(52(12,13)54(16,17)51(44,10)11)31-47(40)55(35-21-19-18-20-22-35)46(39)30-41(38)48(3,4)5;1-7-5-3-2-4-6-7/h18-31H,1-17H3;2-6H,1H3. The van der Waals surface area contributed by atoms with Gasteiger partial charge in [-0.2, -0.15) is 0 Å². The average molecular weight is 820 g/mol. The molecule has 0 N–H and O–H groups in total. The minimum absolute atomic E-state index is 0.0218. The van der Waals surface area contributed by atoms with Gasteiger partial charge in [-0.25, -0.2) is 0 Å². The van der Waals surface area contributed by atoms with Gasteiger partial charge in [-0.05, 0) is 162 Å². The molecule has 1 nitrogen and oxygen atoms in total. The Balaban J connectivity index is 0.000000689. The monoisotopic (exact) mass is 820 g/mol. The molecule has 0 saturated carbocycles. The van der Waals surface area contributed by atoms with Crippen molar-refractivity contribution < 1.29 is 0 Å². The van der Waals surface area contributed by atoms with E-state index < -0.39 is 0 Å². The predicted molar refractivity (Wildman–Crippen MR) is 271 cm³/mol. The number of aryl methyl sites for hydroxylation is 3. The Kier molecular flexibility index (Phi) is 9.92. The lowest BCUT2D eigenvalue weighted by Crippen LogP contribution is -2.42. The van der Waals surface area contributed by atoms with Crippen LogP contribution in [0.3, 0.4) is 0 Å². The van der Waals surface area contributed by atoms with Crippen molar-refractivity contribution in [3.8, 4) is 27.9 Å². The van der Waals surface area contributed by atoms with Gasteiger partial charge in [-0.15, -0.1) is 0 Å². The summed E-state index contributed by atoms with van der Waals surface area (Å²) in [5.74, 6) is 0. The fraction of sp³-hybridized carbons (Fsp3) is 0.410. The molecule has 1 heteroatoms. The Morgan fingerprint density at radius 1 is 0.403 bits per heavy atom. The molecule has 0 unspecified atom stereocenters. The van der Waals surface area contributed by atoms with Gasteiger partial charge in [-0.1, -0.05) is 182 Å². The Labute approximate surface area is 375 Å². The van der Waals surface area contributed by atoms with E-state index in [4.69, 9.17) is 0 Å². The zero-order valence-corrected chi connectivity index (χ0v) is 41.4. The molecule has 6 aromatic carbocycles. The van der Waals surface area contributed by atoms with Crippen LogP contribution in [0.25, 0.3) is 49.7 Å². The normalized spacial score (nSPS) is 18.6. The van der Waals surface area contributed by atoms with E-state index in [1.807, 2.05) is 18.2 Å². The molecule has 0 spiro atoms. The number of fused-ring (bicyclic) bond motifs is 5. The van der Waals surface area contributed by atoms with Gasteiger partial charge < -0.3 is 4.57 Å². The van der Waals surface area contributed by atoms with Gasteiger partial charge in [-0.3, -0.25) is 0 Å². The fourth-order valence-corrected chi connectivity index (χ4v) is 11.4. The van der Waals surface area contributed by atoms with Crippen molar-refractivity contribution in [2.24, 2.45) is 10.8 Å². The zero-order valence-electron chi connectivity index (χ0n) is 41.4. The van der Waals surface area contributed by atoms with Gasteiger partial charge in [0.05, 0.1) is 11.0 Å². The Hall–Kier alpha value is -4.88. The summed E-state index contributed by atoms with van der Waals surface area (Å²) in [4.78, 5) is 0. The molecule has 0 bridgehead atoms. The van der Waals surface area contributed by atoms with E-state index >= 15 is 0 Å².